The predicted molar refractivity (Wildman–Crippen MR) is 72.7 cm³/mol. The van der Waals surface area contributed by atoms with E-state index in [1.165, 1.54) is 0 Å². The van der Waals surface area contributed by atoms with Crippen LogP contribution in [0, 0.1) is 0 Å². The van der Waals surface area contributed by atoms with Crippen molar-refractivity contribution in [1.82, 2.24) is 0 Å². The smallest absolute Gasteiger partial charge is 0.119 e. The van der Waals surface area contributed by atoms with E-state index in [1.807, 2.05) is 38.1 Å². The van der Waals surface area contributed by atoms with Gasteiger partial charge in [0.2, 0.25) is 0 Å². The van der Waals surface area contributed by atoms with Crippen molar-refractivity contribution in [3.05, 3.63) is 29.8 Å². The second-order valence-corrected chi connectivity index (χ2v) is 4.63. The summed E-state index contributed by atoms with van der Waals surface area (Å²) >= 11 is 0. The van der Waals surface area contributed by atoms with E-state index in [4.69, 9.17) is 4.74 Å². The van der Waals surface area contributed by atoms with Crippen molar-refractivity contribution in [3.63, 3.8) is 0 Å². The Morgan fingerprint density at radius 1 is 1.11 bits per heavy atom. The van der Waals surface area contributed by atoms with Gasteiger partial charge in [0, 0.05) is 0 Å². The van der Waals surface area contributed by atoms with Gasteiger partial charge in [-0.05, 0) is 30.5 Å². The lowest BCUT2D eigenvalue weighted by molar-refractivity contribution is 0.0990. The van der Waals surface area contributed by atoms with Gasteiger partial charge < -0.3 is 14.9 Å². The minimum atomic E-state index is -0.431. The first-order chi connectivity index (χ1) is 8.67. The number of hydrogen-bond donors (Lipinski definition) is 2. The van der Waals surface area contributed by atoms with Crippen LogP contribution in [0.4, 0.5) is 0 Å². The Bertz CT molecular complexity index is 338. The molecule has 3 nitrogen and oxygen atoms in total. The van der Waals surface area contributed by atoms with Crippen molar-refractivity contribution in [3.8, 4) is 5.75 Å². The quantitative estimate of drug-likeness (QED) is 0.747. The molecule has 0 saturated heterocycles. The number of aliphatic hydroxyl groups is 2. The molecule has 1 rings (SSSR count). The van der Waals surface area contributed by atoms with Crippen LogP contribution in [-0.2, 0) is 0 Å². The second-order valence-electron chi connectivity index (χ2n) is 4.63. The fraction of sp³-hybridized carbons (Fsp3) is 0.600. The van der Waals surface area contributed by atoms with Gasteiger partial charge in [0.05, 0.1) is 12.2 Å². The molecule has 2 unspecified atom stereocenters. The van der Waals surface area contributed by atoms with E-state index >= 15 is 0 Å². The van der Waals surface area contributed by atoms with E-state index in [-0.39, 0.29) is 0 Å². The lowest BCUT2D eigenvalue weighted by atomic mass is 10.1. The van der Waals surface area contributed by atoms with Crippen molar-refractivity contribution in [2.75, 3.05) is 6.61 Å². The molecule has 0 aliphatic rings. The molecule has 2 N–H and O–H groups in total. The Morgan fingerprint density at radius 2 is 1.83 bits per heavy atom. The molecule has 1 aromatic rings. The molecule has 0 fully saturated rings. The molecule has 0 aliphatic carbocycles. The Balaban J connectivity index is 2.54. The van der Waals surface area contributed by atoms with Gasteiger partial charge in [0.25, 0.3) is 0 Å². The maximum atomic E-state index is 9.90. The zero-order valence-corrected chi connectivity index (χ0v) is 11.3. The molecular formula is C15H24O3. The summed E-state index contributed by atoms with van der Waals surface area (Å²) in [6.07, 6.45) is 2.54. The van der Waals surface area contributed by atoms with E-state index in [2.05, 4.69) is 0 Å². The third-order valence-corrected chi connectivity index (χ3v) is 2.87. The SMILES string of the molecule is CCCC(O)COc1cccc(C(O)CCC)c1. The molecule has 1 aromatic carbocycles. The molecule has 0 spiro atoms. The summed E-state index contributed by atoms with van der Waals surface area (Å²) in [7, 11) is 0. The number of aliphatic hydroxyl groups excluding tert-OH is 2. The zero-order valence-electron chi connectivity index (χ0n) is 11.3. The van der Waals surface area contributed by atoms with Gasteiger partial charge in [-0.1, -0.05) is 38.8 Å². The van der Waals surface area contributed by atoms with Crippen molar-refractivity contribution < 1.29 is 14.9 Å². The lowest BCUT2D eigenvalue weighted by Gasteiger charge is -2.14. The molecule has 18 heavy (non-hydrogen) atoms. The number of benzene rings is 1. The average Bonchev–Trinajstić information content (AvgIpc) is 2.37. The molecule has 0 aliphatic heterocycles. The molecular weight excluding hydrogens is 228 g/mol. The zero-order chi connectivity index (χ0) is 13.4. The fourth-order valence-corrected chi connectivity index (χ4v) is 1.86. The first kappa shape index (κ1) is 15.0. The van der Waals surface area contributed by atoms with Crippen LogP contribution in [0.5, 0.6) is 5.75 Å². The fourth-order valence-electron chi connectivity index (χ4n) is 1.86. The van der Waals surface area contributed by atoms with Crippen molar-refractivity contribution >= 4 is 0 Å². The topological polar surface area (TPSA) is 49.7 Å². The first-order valence-corrected chi connectivity index (χ1v) is 6.76. The van der Waals surface area contributed by atoms with Gasteiger partial charge >= 0.3 is 0 Å². The Morgan fingerprint density at radius 3 is 2.50 bits per heavy atom. The normalized spacial score (nSPS) is 14.2. The largest absolute Gasteiger partial charge is 0.491 e. The summed E-state index contributed by atoms with van der Waals surface area (Å²) in [6.45, 7) is 4.39. The molecule has 0 saturated carbocycles. The van der Waals surface area contributed by atoms with E-state index in [1.54, 1.807) is 0 Å². The highest BCUT2D eigenvalue weighted by Gasteiger charge is 2.08. The second kappa shape index (κ2) is 8.11. The minimum absolute atomic E-state index is 0.307. The summed E-state index contributed by atoms with van der Waals surface area (Å²) in [5.74, 6) is 0.706. The standard InChI is InChI=1S/C15H24O3/c1-3-6-13(16)11-18-14-9-5-8-12(10-14)15(17)7-4-2/h5,8-10,13,15-17H,3-4,6-7,11H2,1-2H3. The van der Waals surface area contributed by atoms with Gasteiger partial charge in [0.15, 0.2) is 0 Å². The lowest BCUT2D eigenvalue weighted by Crippen LogP contribution is -2.17. The number of hydrogen-bond acceptors (Lipinski definition) is 3. The molecule has 0 bridgehead atoms. The van der Waals surface area contributed by atoms with E-state index in [9.17, 15) is 10.2 Å². The third-order valence-electron chi connectivity index (χ3n) is 2.87. The molecule has 2 atom stereocenters. The van der Waals surface area contributed by atoms with Crippen LogP contribution in [0.3, 0.4) is 0 Å². The van der Waals surface area contributed by atoms with Crippen LogP contribution in [0.25, 0.3) is 0 Å². The summed E-state index contributed by atoms with van der Waals surface area (Å²) < 4.78 is 5.53. The molecule has 0 amide bonds. The van der Waals surface area contributed by atoms with E-state index < -0.39 is 12.2 Å². The summed E-state index contributed by atoms with van der Waals surface area (Å²) in [6, 6.07) is 7.46. The first-order valence-electron chi connectivity index (χ1n) is 6.76. The summed E-state index contributed by atoms with van der Waals surface area (Å²) in [4.78, 5) is 0. The molecule has 3 heteroatoms. The van der Waals surface area contributed by atoms with Crippen molar-refractivity contribution in [2.24, 2.45) is 0 Å². The van der Waals surface area contributed by atoms with Crippen LogP contribution in [-0.4, -0.2) is 22.9 Å². The number of ether oxygens (including phenoxy) is 1. The molecule has 0 radical (unpaired) electrons. The minimum Gasteiger partial charge on any atom is -0.491 e. The van der Waals surface area contributed by atoms with Crippen molar-refractivity contribution in [1.29, 1.82) is 0 Å². The van der Waals surface area contributed by atoms with Gasteiger partial charge in [-0.25, -0.2) is 0 Å². The Labute approximate surface area is 109 Å². The third kappa shape index (κ3) is 5.07. The average molecular weight is 252 g/mol. The van der Waals surface area contributed by atoms with Crippen LogP contribution in [0.2, 0.25) is 0 Å². The van der Waals surface area contributed by atoms with E-state index in [0.29, 0.717) is 12.4 Å². The Hall–Kier alpha value is -1.06. The van der Waals surface area contributed by atoms with Gasteiger partial charge in [-0.15, -0.1) is 0 Å². The summed E-state index contributed by atoms with van der Waals surface area (Å²) in [5, 5.41) is 19.5. The highest BCUT2D eigenvalue weighted by molar-refractivity contribution is 5.29. The van der Waals surface area contributed by atoms with Crippen LogP contribution >= 0.6 is 0 Å². The van der Waals surface area contributed by atoms with Crippen LogP contribution in [0.15, 0.2) is 24.3 Å². The summed E-state index contributed by atoms with van der Waals surface area (Å²) in [5.41, 5.74) is 0.874. The molecule has 0 aromatic heterocycles. The monoisotopic (exact) mass is 252 g/mol. The number of rotatable bonds is 8. The van der Waals surface area contributed by atoms with Gasteiger partial charge in [-0.3, -0.25) is 0 Å². The Kier molecular flexibility index (Phi) is 6.76. The highest BCUT2D eigenvalue weighted by atomic mass is 16.5. The van der Waals surface area contributed by atoms with Gasteiger partial charge in [-0.2, -0.15) is 0 Å². The predicted octanol–water partition coefficient (Wildman–Crippen LogP) is 3.06. The maximum absolute atomic E-state index is 9.90. The van der Waals surface area contributed by atoms with Crippen molar-refractivity contribution in [2.45, 2.75) is 51.7 Å². The molecule has 102 valence electrons. The van der Waals surface area contributed by atoms with Crippen LogP contribution in [0.1, 0.15) is 51.2 Å². The van der Waals surface area contributed by atoms with E-state index in [0.717, 1.165) is 31.2 Å². The maximum Gasteiger partial charge on any atom is 0.119 e. The van der Waals surface area contributed by atoms with Gasteiger partial charge in [0.1, 0.15) is 12.4 Å². The highest BCUT2D eigenvalue weighted by Crippen LogP contribution is 2.22. The van der Waals surface area contributed by atoms with Crippen LogP contribution < -0.4 is 4.74 Å². The molecule has 0 heterocycles.